The second-order valence-corrected chi connectivity index (χ2v) is 10.6. The minimum atomic E-state index is -2.59. The van der Waals surface area contributed by atoms with Gasteiger partial charge >= 0.3 is 0 Å². The minimum absolute atomic E-state index is 0.0451. The number of aryl methyl sites for hydroxylation is 1. The van der Waals surface area contributed by atoms with E-state index in [9.17, 15) is 13.6 Å². The summed E-state index contributed by atoms with van der Waals surface area (Å²) in [7, 11) is 0. The number of hydrazine groups is 1. The van der Waals surface area contributed by atoms with Gasteiger partial charge in [0, 0.05) is 81.4 Å². The van der Waals surface area contributed by atoms with Crippen molar-refractivity contribution in [3.05, 3.63) is 46.3 Å². The van der Waals surface area contributed by atoms with Crippen molar-refractivity contribution < 1.29 is 18.3 Å². The van der Waals surface area contributed by atoms with E-state index in [1.54, 1.807) is 13.0 Å². The summed E-state index contributed by atoms with van der Waals surface area (Å²) in [6, 6.07) is 3.91. The molecule has 0 aliphatic carbocycles. The molecular weight excluding hydrogens is 514 g/mol. The maximum absolute atomic E-state index is 14.5. The smallest absolute Gasteiger partial charge is 0.264 e. The fourth-order valence-corrected chi connectivity index (χ4v) is 6.31. The lowest BCUT2D eigenvalue weighted by Gasteiger charge is -2.33. The highest BCUT2D eigenvalue weighted by Gasteiger charge is 2.34. The Morgan fingerprint density at radius 3 is 2.62 bits per heavy atom. The van der Waals surface area contributed by atoms with Crippen LogP contribution in [0.15, 0.2) is 18.3 Å². The van der Waals surface area contributed by atoms with Crippen molar-refractivity contribution in [2.24, 2.45) is 0 Å². The van der Waals surface area contributed by atoms with Gasteiger partial charge in [0.1, 0.15) is 0 Å². The van der Waals surface area contributed by atoms with Crippen LogP contribution in [0.2, 0.25) is 0 Å². The molecule has 218 valence electrons. The van der Waals surface area contributed by atoms with Crippen LogP contribution < -0.4 is 10.3 Å². The van der Waals surface area contributed by atoms with E-state index >= 15 is 0 Å². The summed E-state index contributed by atoms with van der Waals surface area (Å²) >= 11 is 0. The van der Waals surface area contributed by atoms with Crippen molar-refractivity contribution in [1.29, 1.82) is 0 Å². The highest BCUT2D eigenvalue weighted by Crippen LogP contribution is 2.43. The first kappa shape index (κ1) is 28.5. The zero-order valence-electron chi connectivity index (χ0n) is 24.2. The summed E-state index contributed by atoms with van der Waals surface area (Å²) in [4.78, 5) is 16.3. The number of carbonyl (C=O) groups is 1. The van der Waals surface area contributed by atoms with Crippen LogP contribution in [0, 0.1) is 0 Å². The Morgan fingerprint density at radius 1 is 1.18 bits per heavy atom. The number of ether oxygens (including phenoxy) is 1. The van der Waals surface area contributed by atoms with Crippen molar-refractivity contribution in [3.63, 3.8) is 0 Å². The van der Waals surface area contributed by atoms with Crippen molar-refractivity contribution in [2.75, 3.05) is 44.3 Å². The quantitative estimate of drug-likeness (QED) is 0.535. The maximum atomic E-state index is 14.5. The molecule has 10 heteroatoms. The first-order valence-electron chi connectivity index (χ1n) is 14.8. The summed E-state index contributed by atoms with van der Waals surface area (Å²) in [6.07, 6.45) is 3.65. The highest BCUT2D eigenvalue weighted by molar-refractivity contribution is 5.78. The molecule has 4 aliphatic rings. The number of halogens is 2. The zero-order valence-corrected chi connectivity index (χ0v) is 24.2. The molecule has 0 unspecified atom stereocenters. The van der Waals surface area contributed by atoms with E-state index in [0.29, 0.717) is 45.0 Å². The van der Waals surface area contributed by atoms with Gasteiger partial charge in [-0.05, 0) is 61.4 Å². The number of hydrogen-bond donors (Lipinski definition) is 1. The molecule has 5 heterocycles. The number of carbonyl (C=O) groups excluding carboxylic acids is 1. The molecule has 0 saturated carbocycles. The molecule has 0 radical (unpaired) electrons. The average molecular weight is 557 g/mol. The fourth-order valence-electron chi connectivity index (χ4n) is 6.31. The predicted octanol–water partition coefficient (Wildman–Crippen LogP) is 5.37. The molecule has 0 bridgehead atoms. The van der Waals surface area contributed by atoms with E-state index in [-0.39, 0.29) is 17.5 Å². The van der Waals surface area contributed by atoms with Gasteiger partial charge in [-0.25, -0.2) is 14.2 Å². The number of rotatable bonds is 5. The topological polar surface area (TPSA) is 65.9 Å². The molecule has 1 amide bonds. The molecule has 1 fully saturated rings. The summed E-state index contributed by atoms with van der Waals surface area (Å²) in [5, 5.41) is 7.10. The number of fused-ring (bicyclic) bond motifs is 2. The zero-order chi connectivity index (χ0) is 28.4. The number of amides is 1. The number of anilines is 2. The van der Waals surface area contributed by atoms with Gasteiger partial charge in [-0.3, -0.25) is 9.48 Å². The fraction of sp³-hybridized carbons (Fsp3) is 0.600. The third kappa shape index (κ3) is 5.35. The van der Waals surface area contributed by atoms with Gasteiger partial charge in [0.2, 0.25) is 5.91 Å². The standard InChI is InChI=1S/C28H36F2N6O2.C2H6/c1-3-34-16-20(15-31-34)22-13-19-5-4-9-35(26(19)14-23(22)27(29)30)28-24-17-33(18(2)37)10-6-25(24)36(32-28)21-7-11-38-12-8-21;1-2/h13-14,16,21,27,31H,3-12,15,17H2,1-2H3;1-2H3. The largest absolute Gasteiger partial charge is 0.381 e. The van der Waals surface area contributed by atoms with Gasteiger partial charge in [0.15, 0.2) is 5.82 Å². The Kier molecular flexibility index (Phi) is 8.75. The van der Waals surface area contributed by atoms with Crippen LogP contribution in [0.5, 0.6) is 0 Å². The van der Waals surface area contributed by atoms with Crippen molar-refractivity contribution in [1.82, 2.24) is 25.1 Å². The third-order valence-corrected chi connectivity index (χ3v) is 8.38. The molecule has 4 aliphatic heterocycles. The van der Waals surface area contributed by atoms with Crippen molar-refractivity contribution in [2.45, 2.75) is 78.8 Å². The first-order chi connectivity index (χ1) is 19.4. The van der Waals surface area contributed by atoms with Crippen LogP contribution in [0.3, 0.4) is 0 Å². The monoisotopic (exact) mass is 556 g/mol. The Bertz CT molecular complexity index is 1250. The summed E-state index contributed by atoms with van der Waals surface area (Å²) < 4.78 is 36.7. The maximum Gasteiger partial charge on any atom is 0.264 e. The SMILES string of the molecule is CC.CCN1C=C(c2cc3c(cc2C(F)F)N(c2nn(C4CCOCC4)c4c2CN(C(C)=O)CC4)CCC3)CN1. The number of aromatic nitrogens is 2. The number of hydrogen-bond acceptors (Lipinski definition) is 6. The van der Waals surface area contributed by atoms with Crippen molar-refractivity contribution in [3.8, 4) is 0 Å². The summed E-state index contributed by atoms with van der Waals surface area (Å²) in [5.74, 6) is 0.855. The highest BCUT2D eigenvalue weighted by atomic mass is 19.3. The second-order valence-electron chi connectivity index (χ2n) is 10.6. The van der Waals surface area contributed by atoms with E-state index in [4.69, 9.17) is 9.84 Å². The molecule has 8 nitrogen and oxygen atoms in total. The molecule has 1 aromatic heterocycles. The van der Waals surface area contributed by atoms with E-state index in [1.165, 1.54) is 5.69 Å². The molecule has 1 saturated heterocycles. The number of nitrogens with one attached hydrogen (secondary N) is 1. The van der Waals surface area contributed by atoms with Crippen LogP contribution in [0.4, 0.5) is 20.3 Å². The van der Waals surface area contributed by atoms with Gasteiger partial charge in [0.05, 0.1) is 12.6 Å². The van der Waals surface area contributed by atoms with E-state index in [2.05, 4.69) is 15.0 Å². The first-order valence-corrected chi connectivity index (χ1v) is 14.8. The van der Waals surface area contributed by atoms with Crippen LogP contribution in [-0.2, 0) is 28.9 Å². The van der Waals surface area contributed by atoms with Gasteiger partial charge in [-0.15, -0.1) is 0 Å². The average Bonchev–Trinajstić information content (AvgIpc) is 3.62. The number of alkyl halides is 2. The number of nitrogens with zero attached hydrogens (tertiary/aromatic N) is 5. The normalized spacial score (nSPS) is 19.3. The lowest BCUT2D eigenvalue weighted by molar-refractivity contribution is -0.129. The van der Waals surface area contributed by atoms with Gasteiger partial charge < -0.3 is 19.5 Å². The molecule has 1 N–H and O–H groups in total. The van der Waals surface area contributed by atoms with Crippen LogP contribution in [-0.4, -0.2) is 65.0 Å². The summed E-state index contributed by atoms with van der Waals surface area (Å²) in [6.45, 7) is 12.2. The molecule has 0 spiro atoms. The van der Waals surface area contributed by atoms with Gasteiger partial charge in [-0.1, -0.05) is 13.8 Å². The van der Waals surface area contributed by atoms with Gasteiger partial charge in [0.25, 0.3) is 6.43 Å². The van der Waals surface area contributed by atoms with Gasteiger partial charge in [-0.2, -0.15) is 5.10 Å². The van der Waals surface area contributed by atoms with Crippen molar-refractivity contribution >= 4 is 23.0 Å². The Labute approximate surface area is 235 Å². The van der Waals surface area contributed by atoms with Crippen LogP contribution in [0.1, 0.15) is 87.4 Å². The van der Waals surface area contributed by atoms with E-state index < -0.39 is 6.43 Å². The predicted molar refractivity (Wildman–Crippen MR) is 153 cm³/mol. The second kappa shape index (κ2) is 12.3. The lowest BCUT2D eigenvalue weighted by Crippen LogP contribution is -2.36. The molecule has 6 rings (SSSR count). The molecule has 0 atom stereocenters. The van der Waals surface area contributed by atoms with E-state index in [1.807, 2.05) is 42.9 Å². The third-order valence-electron chi connectivity index (χ3n) is 8.38. The number of benzene rings is 1. The lowest BCUT2D eigenvalue weighted by atomic mass is 9.92. The Balaban J connectivity index is 0.00000158. The van der Waals surface area contributed by atoms with Crippen LogP contribution >= 0.6 is 0 Å². The Hall–Kier alpha value is -2.98. The Morgan fingerprint density at radius 2 is 1.95 bits per heavy atom. The minimum Gasteiger partial charge on any atom is -0.381 e. The summed E-state index contributed by atoms with van der Waals surface area (Å²) in [5.41, 5.74) is 8.93. The molecule has 1 aromatic carbocycles. The molecular formula is C30H42F2N6O2. The molecule has 40 heavy (non-hydrogen) atoms. The van der Waals surface area contributed by atoms with Crippen LogP contribution in [0.25, 0.3) is 5.57 Å². The molecule has 2 aromatic rings. The van der Waals surface area contributed by atoms with E-state index in [0.717, 1.165) is 66.9 Å².